The van der Waals surface area contributed by atoms with Gasteiger partial charge in [-0.15, -0.1) is 0 Å². The van der Waals surface area contributed by atoms with Crippen molar-refractivity contribution in [2.45, 2.75) is 13.5 Å². The van der Waals surface area contributed by atoms with Crippen molar-refractivity contribution in [2.24, 2.45) is 0 Å². The number of hydrogen-bond acceptors (Lipinski definition) is 4. The van der Waals surface area contributed by atoms with Gasteiger partial charge in [-0.1, -0.05) is 35.9 Å². The van der Waals surface area contributed by atoms with Crippen LogP contribution in [0.15, 0.2) is 48.5 Å². The maximum absolute atomic E-state index is 12.7. The number of rotatable bonds is 5. The molecule has 0 aromatic heterocycles. The third-order valence-corrected chi connectivity index (χ3v) is 5.87. The maximum Gasteiger partial charge on any atom is 0.254 e. The van der Waals surface area contributed by atoms with Crippen LogP contribution in [0.3, 0.4) is 0 Å². The van der Waals surface area contributed by atoms with Gasteiger partial charge >= 0.3 is 0 Å². The summed E-state index contributed by atoms with van der Waals surface area (Å²) in [6.07, 6.45) is 1.19. The van der Waals surface area contributed by atoms with Crippen LogP contribution in [0.4, 0.5) is 0 Å². The first kappa shape index (κ1) is 19.4. The van der Waals surface area contributed by atoms with E-state index in [4.69, 9.17) is 4.74 Å². The highest BCUT2D eigenvalue weighted by Crippen LogP contribution is 2.18. The van der Waals surface area contributed by atoms with Gasteiger partial charge < -0.3 is 9.64 Å². The fourth-order valence-corrected chi connectivity index (χ4v) is 3.92. The summed E-state index contributed by atoms with van der Waals surface area (Å²) in [7, 11) is -3.21. The van der Waals surface area contributed by atoms with Crippen LogP contribution >= 0.6 is 0 Å². The molecule has 0 saturated carbocycles. The van der Waals surface area contributed by atoms with E-state index < -0.39 is 10.0 Å². The van der Waals surface area contributed by atoms with Gasteiger partial charge in [0.1, 0.15) is 12.4 Å². The molecule has 0 aliphatic carbocycles. The first-order valence-electron chi connectivity index (χ1n) is 8.86. The quantitative estimate of drug-likeness (QED) is 0.788. The fourth-order valence-electron chi connectivity index (χ4n) is 3.09. The number of nitrogens with zero attached hydrogens (tertiary/aromatic N) is 2. The van der Waals surface area contributed by atoms with Gasteiger partial charge in [0.25, 0.3) is 5.91 Å². The lowest BCUT2D eigenvalue weighted by Crippen LogP contribution is -2.50. The molecule has 0 spiro atoms. The molecular formula is C20H24N2O4S. The zero-order valence-corrected chi connectivity index (χ0v) is 16.4. The Bertz CT molecular complexity index is 919. The van der Waals surface area contributed by atoms with E-state index in [1.807, 2.05) is 31.2 Å². The van der Waals surface area contributed by atoms with E-state index >= 15 is 0 Å². The summed E-state index contributed by atoms with van der Waals surface area (Å²) in [5.41, 5.74) is 2.79. The molecular weight excluding hydrogens is 364 g/mol. The molecule has 0 unspecified atom stereocenters. The van der Waals surface area contributed by atoms with Gasteiger partial charge in [0.05, 0.1) is 6.26 Å². The highest BCUT2D eigenvalue weighted by molar-refractivity contribution is 7.88. The van der Waals surface area contributed by atoms with E-state index in [2.05, 4.69) is 6.07 Å². The highest BCUT2D eigenvalue weighted by Gasteiger charge is 2.26. The first-order valence-corrected chi connectivity index (χ1v) is 10.7. The minimum Gasteiger partial charge on any atom is -0.489 e. The Balaban J connectivity index is 1.62. The second-order valence-electron chi connectivity index (χ2n) is 6.76. The molecule has 1 saturated heterocycles. The monoisotopic (exact) mass is 388 g/mol. The summed E-state index contributed by atoms with van der Waals surface area (Å²) in [5, 5.41) is 0. The summed E-state index contributed by atoms with van der Waals surface area (Å²) in [4.78, 5) is 14.4. The van der Waals surface area contributed by atoms with E-state index in [1.54, 1.807) is 23.1 Å². The second-order valence-corrected chi connectivity index (χ2v) is 8.74. The van der Waals surface area contributed by atoms with Gasteiger partial charge in [0.15, 0.2) is 0 Å². The van der Waals surface area contributed by atoms with Crippen LogP contribution in [0, 0.1) is 6.92 Å². The van der Waals surface area contributed by atoms with Crippen molar-refractivity contribution < 1.29 is 17.9 Å². The van der Waals surface area contributed by atoms with Gasteiger partial charge in [-0.25, -0.2) is 8.42 Å². The summed E-state index contributed by atoms with van der Waals surface area (Å²) in [6, 6.07) is 15.2. The molecule has 1 aliphatic heterocycles. The van der Waals surface area contributed by atoms with Crippen LogP contribution in [-0.4, -0.2) is 56.0 Å². The third kappa shape index (κ3) is 5.08. The molecule has 1 aliphatic rings. The zero-order chi connectivity index (χ0) is 19.4. The summed E-state index contributed by atoms with van der Waals surface area (Å²) >= 11 is 0. The largest absolute Gasteiger partial charge is 0.489 e. The van der Waals surface area contributed by atoms with Crippen molar-refractivity contribution in [3.05, 3.63) is 65.2 Å². The number of hydrogen-bond donors (Lipinski definition) is 0. The topological polar surface area (TPSA) is 66.9 Å². The van der Waals surface area contributed by atoms with Crippen molar-refractivity contribution >= 4 is 15.9 Å². The molecule has 1 fully saturated rings. The molecule has 6 nitrogen and oxygen atoms in total. The average molecular weight is 388 g/mol. The predicted octanol–water partition coefficient (Wildman–Crippen LogP) is 2.29. The number of benzene rings is 2. The summed E-state index contributed by atoms with van der Waals surface area (Å²) in [5.74, 6) is 0.529. The Kier molecular flexibility index (Phi) is 5.82. The number of carbonyl (C=O) groups excluding carboxylic acids is 1. The molecule has 144 valence electrons. The van der Waals surface area contributed by atoms with Crippen LogP contribution in [0.1, 0.15) is 21.5 Å². The number of sulfonamides is 1. The average Bonchev–Trinajstić information content (AvgIpc) is 2.65. The maximum atomic E-state index is 12.7. The Labute approximate surface area is 160 Å². The van der Waals surface area contributed by atoms with Crippen LogP contribution in [-0.2, 0) is 16.6 Å². The van der Waals surface area contributed by atoms with E-state index in [0.717, 1.165) is 5.56 Å². The molecule has 2 aromatic carbocycles. The van der Waals surface area contributed by atoms with E-state index in [9.17, 15) is 13.2 Å². The normalized spacial score (nSPS) is 15.6. The smallest absolute Gasteiger partial charge is 0.254 e. The SMILES string of the molecule is Cc1cccc(COc2cccc(C(=O)N3CCN(S(C)(=O)=O)CC3)c2)c1. The summed E-state index contributed by atoms with van der Waals surface area (Å²) < 4.78 is 30.4. The number of amides is 1. The summed E-state index contributed by atoms with van der Waals surface area (Å²) in [6.45, 7) is 3.90. The molecule has 7 heteroatoms. The molecule has 1 heterocycles. The fraction of sp³-hybridized carbons (Fsp3) is 0.350. The molecule has 0 radical (unpaired) electrons. The van der Waals surface area contributed by atoms with Crippen molar-refractivity contribution in [3.63, 3.8) is 0 Å². The number of carbonyl (C=O) groups is 1. The highest BCUT2D eigenvalue weighted by atomic mass is 32.2. The molecule has 0 bridgehead atoms. The van der Waals surface area contributed by atoms with Gasteiger partial charge in [-0.05, 0) is 30.7 Å². The Hall–Kier alpha value is -2.38. The molecule has 3 rings (SSSR count). The molecule has 0 atom stereocenters. The van der Waals surface area contributed by atoms with Gasteiger partial charge in [0, 0.05) is 31.7 Å². The number of piperazine rings is 1. The van der Waals surface area contributed by atoms with Gasteiger partial charge in [-0.2, -0.15) is 4.31 Å². The Morgan fingerprint density at radius 2 is 1.74 bits per heavy atom. The molecule has 2 aromatic rings. The van der Waals surface area contributed by atoms with E-state index in [0.29, 0.717) is 44.1 Å². The lowest BCUT2D eigenvalue weighted by Gasteiger charge is -2.33. The van der Waals surface area contributed by atoms with Gasteiger partial charge in [0.2, 0.25) is 10.0 Å². The van der Waals surface area contributed by atoms with Crippen molar-refractivity contribution in [3.8, 4) is 5.75 Å². The zero-order valence-electron chi connectivity index (χ0n) is 15.6. The lowest BCUT2D eigenvalue weighted by atomic mass is 10.1. The third-order valence-electron chi connectivity index (χ3n) is 4.56. The minimum absolute atomic E-state index is 0.107. The van der Waals surface area contributed by atoms with Crippen molar-refractivity contribution in [2.75, 3.05) is 32.4 Å². The molecule has 27 heavy (non-hydrogen) atoms. The lowest BCUT2D eigenvalue weighted by molar-refractivity contribution is 0.0697. The van der Waals surface area contributed by atoms with Crippen LogP contribution in [0.25, 0.3) is 0 Å². The molecule has 1 amide bonds. The van der Waals surface area contributed by atoms with Gasteiger partial charge in [-0.3, -0.25) is 4.79 Å². The van der Waals surface area contributed by atoms with Crippen LogP contribution < -0.4 is 4.74 Å². The molecule has 0 N–H and O–H groups in total. The number of ether oxygens (including phenoxy) is 1. The minimum atomic E-state index is -3.21. The number of aryl methyl sites for hydroxylation is 1. The van der Waals surface area contributed by atoms with Crippen molar-refractivity contribution in [1.29, 1.82) is 0 Å². The van der Waals surface area contributed by atoms with Crippen molar-refractivity contribution in [1.82, 2.24) is 9.21 Å². The standard InChI is InChI=1S/C20H24N2O4S/c1-16-5-3-6-17(13-16)15-26-19-8-4-7-18(14-19)20(23)21-9-11-22(12-10-21)27(2,24)25/h3-8,13-14H,9-12,15H2,1-2H3. The first-order chi connectivity index (χ1) is 12.8. The van der Waals surface area contributed by atoms with E-state index in [1.165, 1.54) is 16.1 Å². The Morgan fingerprint density at radius 1 is 1.04 bits per heavy atom. The predicted molar refractivity (Wildman–Crippen MR) is 104 cm³/mol. The second kappa shape index (κ2) is 8.10. The Morgan fingerprint density at radius 3 is 2.41 bits per heavy atom. The van der Waals surface area contributed by atoms with Crippen LogP contribution in [0.2, 0.25) is 0 Å². The van der Waals surface area contributed by atoms with E-state index in [-0.39, 0.29) is 5.91 Å². The van der Waals surface area contributed by atoms with Crippen LogP contribution in [0.5, 0.6) is 5.75 Å².